The van der Waals surface area contributed by atoms with Crippen molar-refractivity contribution in [2.45, 2.75) is 58.3 Å². The summed E-state index contributed by atoms with van der Waals surface area (Å²) in [7, 11) is 0. The Labute approximate surface area is 125 Å². The molecule has 0 bridgehead atoms. The number of imidazole rings is 1. The van der Waals surface area contributed by atoms with Crippen LogP contribution in [0.5, 0.6) is 0 Å². The average Bonchev–Trinajstić information content (AvgIpc) is 3.10. The van der Waals surface area contributed by atoms with Gasteiger partial charge in [0.15, 0.2) is 11.6 Å². The number of hydrogen-bond acceptors (Lipinski definition) is 4. The lowest BCUT2D eigenvalue weighted by Gasteiger charge is -2.23. The number of ketones is 1. The third-order valence-electron chi connectivity index (χ3n) is 4.54. The lowest BCUT2D eigenvalue weighted by molar-refractivity contribution is -0.148. The molecule has 0 aliphatic carbocycles. The summed E-state index contributed by atoms with van der Waals surface area (Å²) < 4.78 is 13.3. The van der Waals surface area contributed by atoms with Crippen molar-refractivity contribution in [3.05, 3.63) is 17.7 Å². The number of carbonyl (C=O) groups excluding carboxylic acids is 1. The van der Waals surface area contributed by atoms with Gasteiger partial charge in [-0.3, -0.25) is 4.79 Å². The number of ether oxygens (including phenoxy) is 2. The molecule has 3 heterocycles. The molecule has 0 aromatic carbocycles. The predicted octanol–water partition coefficient (Wildman–Crippen LogP) is 2.58. The lowest BCUT2D eigenvalue weighted by Crippen LogP contribution is -2.27. The lowest BCUT2D eigenvalue weighted by atomic mass is 9.96. The van der Waals surface area contributed by atoms with Gasteiger partial charge in [-0.05, 0) is 26.2 Å². The third-order valence-corrected chi connectivity index (χ3v) is 4.54. The summed E-state index contributed by atoms with van der Waals surface area (Å²) >= 11 is 0. The second-order valence-electron chi connectivity index (χ2n) is 6.33. The first-order chi connectivity index (χ1) is 10.1. The van der Waals surface area contributed by atoms with Gasteiger partial charge >= 0.3 is 0 Å². The van der Waals surface area contributed by atoms with Crippen molar-refractivity contribution in [3.8, 4) is 0 Å². The monoisotopic (exact) mass is 292 g/mol. The molecule has 1 atom stereocenters. The quantitative estimate of drug-likeness (QED) is 0.783. The maximum Gasteiger partial charge on any atom is 0.185 e. The number of hydrogen-bond donors (Lipinski definition) is 0. The Morgan fingerprint density at radius 2 is 2.19 bits per heavy atom. The molecule has 2 aliphatic heterocycles. The molecule has 1 aromatic rings. The zero-order valence-electron chi connectivity index (χ0n) is 12.9. The highest BCUT2D eigenvalue weighted by Gasteiger charge is 2.32. The van der Waals surface area contributed by atoms with E-state index in [1.165, 1.54) is 12.8 Å². The highest BCUT2D eigenvalue weighted by atomic mass is 16.7. The van der Waals surface area contributed by atoms with E-state index >= 15 is 0 Å². The van der Waals surface area contributed by atoms with Gasteiger partial charge in [-0.15, -0.1) is 0 Å². The molecule has 5 nitrogen and oxygen atoms in total. The van der Waals surface area contributed by atoms with Crippen LogP contribution in [-0.4, -0.2) is 34.3 Å². The third kappa shape index (κ3) is 3.19. The van der Waals surface area contributed by atoms with Crippen molar-refractivity contribution in [3.63, 3.8) is 0 Å². The fourth-order valence-corrected chi connectivity index (χ4v) is 3.09. The highest BCUT2D eigenvalue weighted by molar-refractivity contribution is 5.95. The Kier molecular flexibility index (Phi) is 4.13. The van der Waals surface area contributed by atoms with Gasteiger partial charge in [0, 0.05) is 31.5 Å². The molecule has 1 aromatic heterocycles. The van der Waals surface area contributed by atoms with Crippen molar-refractivity contribution in [1.82, 2.24) is 9.55 Å². The molecule has 0 N–H and O–H groups in total. The molecule has 0 saturated carbocycles. The second-order valence-corrected chi connectivity index (χ2v) is 6.33. The van der Waals surface area contributed by atoms with Gasteiger partial charge in [0.1, 0.15) is 11.5 Å². The van der Waals surface area contributed by atoms with E-state index in [0.717, 1.165) is 31.6 Å². The molecule has 2 aliphatic rings. The van der Waals surface area contributed by atoms with Crippen LogP contribution >= 0.6 is 0 Å². The highest BCUT2D eigenvalue weighted by Crippen LogP contribution is 2.27. The predicted molar refractivity (Wildman–Crippen MR) is 78.2 cm³/mol. The van der Waals surface area contributed by atoms with Crippen LogP contribution in [0.1, 0.15) is 55.8 Å². The molecule has 0 radical (unpaired) electrons. The van der Waals surface area contributed by atoms with Crippen LogP contribution in [0.2, 0.25) is 0 Å². The molecule has 1 fully saturated rings. The first-order valence-electron chi connectivity index (χ1n) is 7.96. The molecule has 21 heavy (non-hydrogen) atoms. The van der Waals surface area contributed by atoms with Gasteiger partial charge in [0.2, 0.25) is 0 Å². The second kappa shape index (κ2) is 5.89. The molecule has 3 rings (SSSR count). The van der Waals surface area contributed by atoms with Crippen molar-refractivity contribution in [2.75, 3.05) is 13.2 Å². The Morgan fingerprint density at radius 1 is 1.43 bits per heavy atom. The number of aromatic nitrogens is 2. The van der Waals surface area contributed by atoms with Crippen LogP contribution in [0.25, 0.3) is 0 Å². The maximum absolute atomic E-state index is 12.5. The van der Waals surface area contributed by atoms with E-state index in [4.69, 9.17) is 9.47 Å². The number of nitrogens with zero attached hydrogens (tertiary/aromatic N) is 2. The molecule has 5 heteroatoms. The summed E-state index contributed by atoms with van der Waals surface area (Å²) in [5.74, 6) is 0.637. The van der Waals surface area contributed by atoms with E-state index in [2.05, 4.69) is 9.55 Å². The molecule has 1 unspecified atom stereocenters. The van der Waals surface area contributed by atoms with Crippen LogP contribution in [0.4, 0.5) is 0 Å². The zero-order valence-corrected chi connectivity index (χ0v) is 12.9. The minimum absolute atomic E-state index is 0.0495. The van der Waals surface area contributed by atoms with Crippen molar-refractivity contribution in [2.24, 2.45) is 5.92 Å². The summed E-state index contributed by atoms with van der Waals surface area (Å²) in [4.78, 5) is 17.0. The zero-order chi connectivity index (χ0) is 14.9. The van der Waals surface area contributed by atoms with Crippen molar-refractivity contribution < 1.29 is 14.3 Å². The van der Waals surface area contributed by atoms with E-state index in [9.17, 15) is 4.79 Å². The number of carbonyl (C=O) groups is 1. The molecule has 116 valence electrons. The maximum atomic E-state index is 12.5. The number of fused-ring (bicyclic) bond motifs is 1. The fraction of sp³-hybridized carbons (Fsp3) is 0.750. The first kappa shape index (κ1) is 14.7. The summed E-state index contributed by atoms with van der Waals surface area (Å²) in [5, 5.41) is 0. The SMILES string of the molecule is CC(CCC1(C)OCCO1)C(=O)c1cn2c(n1)CCCC2. The minimum Gasteiger partial charge on any atom is -0.348 e. The molecule has 0 spiro atoms. The largest absolute Gasteiger partial charge is 0.348 e. The standard InChI is InChI=1S/C16H24N2O3/c1-12(6-7-16(2)20-9-10-21-16)15(19)13-11-18-8-4-3-5-14(18)17-13/h11-12H,3-10H2,1-2H3. The van der Waals surface area contributed by atoms with Gasteiger partial charge < -0.3 is 14.0 Å². The Bertz CT molecular complexity index is 494. The Hall–Kier alpha value is -1.20. The summed E-state index contributed by atoms with van der Waals surface area (Å²) in [6.07, 6.45) is 6.77. The summed E-state index contributed by atoms with van der Waals surface area (Å²) in [6, 6.07) is 0. The average molecular weight is 292 g/mol. The van der Waals surface area contributed by atoms with E-state index in [0.29, 0.717) is 18.9 Å². The number of aryl methyl sites for hydroxylation is 2. The number of Topliss-reactive ketones (excluding diaryl/α,β-unsaturated/α-hetero) is 1. The Balaban J connectivity index is 1.60. The van der Waals surface area contributed by atoms with Gasteiger partial charge in [0.25, 0.3) is 0 Å². The van der Waals surface area contributed by atoms with Crippen LogP contribution in [0.3, 0.4) is 0 Å². The summed E-state index contributed by atoms with van der Waals surface area (Å²) in [6.45, 7) is 6.20. The number of rotatable bonds is 5. The van der Waals surface area contributed by atoms with Crippen molar-refractivity contribution >= 4 is 5.78 Å². The van der Waals surface area contributed by atoms with Crippen molar-refractivity contribution in [1.29, 1.82) is 0 Å². The van der Waals surface area contributed by atoms with Gasteiger partial charge in [0.05, 0.1) is 13.2 Å². The smallest absolute Gasteiger partial charge is 0.185 e. The first-order valence-corrected chi connectivity index (χ1v) is 7.96. The fourth-order valence-electron chi connectivity index (χ4n) is 3.09. The van der Waals surface area contributed by atoms with Crippen LogP contribution in [-0.2, 0) is 22.4 Å². The normalized spacial score (nSPS) is 22.0. The van der Waals surface area contributed by atoms with Crippen LogP contribution < -0.4 is 0 Å². The minimum atomic E-state index is -0.512. The van der Waals surface area contributed by atoms with Gasteiger partial charge in [-0.25, -0.2) is 4.98 Å². The molecular formula is C16H24N2O3. The summed E-state index contributed by atoms with van der Waals surface area (Å²) in [5.41, 5.74) is 0.623. The van der Waals surface area contributed by atoms with Crippen LogP contribution in [0.15, 0.2) is 6.20 Å². The topological polar surface area (TPSA) is 53.4 Å². The van der Waals surface area contributed by atoms with Gasteiger partial charge in [-0.1, -0.05) is 6.92 Å². The van der Waals surface area contributed by atoms with Gasteiger partial charge in [-0.2, -0.15) is 0 Å². The molecular weight excluding hydrogens is 268 g/mol. The van der Waals surface area contributed by atoms with Crippen LogP contribution in [0, 0.1) is 5.92 Å². The molecule has 0 amide bonds. The molecule has 1 saturated heterocycles. The van der Waals surface area contributed by atoms with E-state index < -0.39 is 5.79 Å². The van der Waals surface area contributed by atoms with E-state index in [1.807, 2.05) is 20.0 Å². The van der Waals surface area contributed by atoms with E-state index in [1.54, 1.807) is 0 Å². The Morgan fingerprint density at radius 3 is 2.90 bits per heavy atom. The van der Waals surface area contributed by atoms with E-state index in [-0.39, 0.29) is 11.7 Å².